The summed E-state index contributed by atoms with van der Waals surface area (Å²) < 4.78 is 3.52. The first kappa shape index (κ1) is 13.4. The molecule has 3 aromatic rings. The Hall–Kier alpha value is -2.55. The van der Waals surface area contributed by atoms with E-state index in [4.69, 9.17) is 0 Å². The van der Waals surface area contributed by atoms with Gasteiger partial charge in [0.05, 0.1) is 11.4 Å². The molecule has 0 atom stereocenters. The van der Waals surface area contributed by atoms with Crippen molar-refractivity contribution in [1.29, 1.82) is 0 Å². The second kappa shape index (κ2) is 5.83. The molecule has 0 radical (unpaired) electrons. The zero-order valence-corrected chi connectivity index (χ0v) is 12.1. The predicted octanol–water partition coefficient (Wildman–Crippen LogP) is 3.58. The minimum atomic E-state index is -0.0177. The van der Waals surface area contributed by atoms with Gasteiger partial charge in [0.2, 0.25) is 0 Å². The Balaban J connectivity index is 2.20. The van der Waals surface area contributed by atoms with E-state index < -0.39 is 0 Å². The smallest absolute Gasteiger partial charge is 0.267 e. The van der Waals surface area contributed by atoms with E-state index in [9.17, 15) is 4.79 Å². The molecule has 1 heterocycles. The lowest BCUT2D eigenvalue weighted by atomic mass is 10.2. The number of aromatic nitrogens is 2. The van der Waals surface area contributed by atoms with E-state index in [1.165, 1.54) is 0 Å². The molecule has 0 aliphatic carbocycles. The fourth-order valence-electron chi connectivity index (χ4n) is 2.55. The molecule has 0 saturated carbocycles. The summed E-state index contributed by atoms with van der Waals surface area (Å²) in [6, 6.07) is 19.6. The molecule has 0 unspecified atom stereocenters. The Labute approximate surface area is 124 Å². The number of rotatable bonds is 4. The highest BCUT2D eigenvalue weighted by atomic mass is 16.1. The molecule has 3 rings (SSSR count). The summed E-state index contributed by atoms with van der Waals surface area (Å²) in [6.45, 7) is 2.12. The van der Waals surface area contributed by atoms with Crippen molar-refractivity contribution in [2.75, 3.05) is 0 Å². The highest BCUT2D eigenvalue weighted by molar-refractivity contribution is 5.37. The van der Waals surface area contributed by atoms with E-state index in [0.29, 0.717) is 0 Å². The van der Waals surface area contributed by atoms with Crippen LogP contribution in [0.25, 0.3) is 11.4 Å². The van der Waals surface area contributed by atoms with Gasteiger partial charge in [-0.3, -0.25) is 9.13 Å². The molecular weight excluding hydrogens is 260 g/mol. The molecule has 3 heteroatoms. The van der Waals surface area contributed by atoms with Crippen molar-refractivity contribution in [3.63, 3.8) is 0 Å². The summed E-state index contributed by atoms with van der Waals surface area (Å²) in [5, 5.41) is 0. The van der Waals surface area contributed by atoms with Crippen LogP contribution >= 0.6 is 0 Å². The van der Waals surface area contributed by atoms with Gasteiger partial charge >= 0.3 is 5.69 Å². The predicted molar refractivity (Wildman–Crippen MR) is 85.4 cm³/mol. The van der Waals surface area contributed by atoms with Crippen molar-refractivity contribution in [1.82, 2.24) is 9.13 Å². The molecular formula is C18H18N2O. The van der Waals surface area contributed by atoms with E-state index >= 15 is 0 Å². The summed E-state index contributed by atoms with van der Waals surface area (Å²) in [6.07, 6.45) is 3.84. The lowest BCUT2D eigenvalue weighted by Gasteiger charge is -2.05. The van der Waals surface area contributed by atoms with Gasteiger partial charge < -0.3 is 0 Å². The zero-order chi connectivity index (χ0) is 14.7. The third-order valence-corrected chi connectivity index (χ3v) is 3.52. The summed E-state index contributed by atoms with van der Waals surface area (Å²) in [4.78, 5) is 12.8. The van der Waals surface area contributed by atoms with Crippen LogP contribution in [0, 0.1) is 0 Å². The summed E-state index contributed by atoms with van der Waals surface area (Å²) in [5.41, 5.74) is 2.84. The van der Waals surface area contributed by atoms with E-state index in [0.717, 1.165) is 29.9 Å². The summed E-state index contributed by atoms with van der Waals surface area (Å²) in [7, 11) is 0. The summed E-state index contributed by atoms with van der Waals surface area (Å²) in [5.74, 6) is 0. The van der Waals surface area contributed by atoms with Crippen molar-refractivity contribution < 1.29 is 0 Å². The lowest BCUT2D eigenvalue weighted by Crippen LogP contribution is -2.22. The van der Waals surface area contributed by atoms with Crippen LogP contribution < -0.4 is 5.69 Å². The monoisotopic (exact) mass is 278 g/mol. The molecule has 1 aromatic heterocycles. The van der Waals surface area contributed by atoms with Crippen LogP contribution in [0.5, 0.6) is 0 Å². The van der Waals surface area contributed by atoms with Gasteiger partial charge in [-0.2, -0.15) is 0 Å². The first-order chi connectivity index (χ1) is 10.3. The fourth-order valence-corrected chi connectivity index (χ4v) is 2.55. The van der Waals surface area contributed by atoms with Crippen LogP contribution in [0.3, 0.4) is 0 Å². The van der Waals surface area contributed by atoms with Crippen molar-refractivity contribution in [2.24, 2.45) is 0 Å². The summed E-state index contributed by atoms with van der Waals surface area (Å²) >= 11 is 0. The largest absolute Gasteiger partial charge is 0.337 e. The first-order valence-electron chi connectivity index (χ1n) is 7.25. The third kappa shape index (κ3) is 2.55. The van der Waals surface area contributed by atoms with E-state index in [2.05, 4.69) is 6.92 Å². The van der Waals surface area contributed by atoms with Gasteiger partial charge in [-0.15, -0.1) is 0 Å². The lowest BCUT2D eigenvalue weighted by molar-refractivity contribution is 0.823. The third-order valence-electron chi connectivity index (χ3n) is 3.52. The van der Waals surface area contributed by atoms with E-state index in [1.807, 2.05) is 66.9 Å². The van der Waals surface area contributed by atoms with Crippen molar-refractivity contribution in [3.05, 3.63) is 83.0 Å². The average Bonchev–Trinajstić information content (AvgIpc) is 2.86. The highest BCUT2D eigenvalue weighted by Crippen LogP contribution is 2.13. The topological polar surface area (TPSA) is 26.9 Å². The van der Waals surface area contributed by atoms with Crippen molar-refractivity contribution in [2.45, 2.75) is 19.8 Å². The van der Waals surface area contributed by atoms with Crippen LogP contribution in [0.4, 0.5) is 0 Å². The van der Waals surface area contributed by atoms with Crippen LogP contribution in [0.15, 0.2) is 71.7 Å². The van der Waals surface area contributed by atoms with Crippen molar-refractivity contribution in [3.8, 4) is 11.4 Å². The van der Waals surface area contributed by atoms with Gasteiger partial charge in [-0.1, -0.05) is 49.7 Å². The Morgan fingerprint density at radius 1 is 0.857 bits per heavy atom. The maximum atomic E-state index is 12.8. The molecule has 0 bridgehead atoms. The molecule has 3 nitrogen and oxygen atoms in total. The standard InChI is InChI=1S/C18H18N2O/c1-2-9-17-14-19(15-10-5-3-6-11-15)18(21)20(17)16-12-7-4-8-13-16/h3-8,10-14H,2,9H2,1H3. The van der Waals surface area contributed by atoms with Crippen LogP contribution in [-0.4, -0.2) is 9.13 Å². The molecule has 0 fully saturated rings. The average molecular weight is 278 g/mol. The molecule has 0 spiro atoms. The molecule has 0 amide bonds. The number of benzene rings is 2. The quantitative estimate of drug-likeness (QED) is 0.716. The van der Waals surface area contributed by atoms with E-state index in [1.54, 1.807) is 9.13 Å². The number of nitrogens with zero attached hydrogens (tertiary/aromatic N) is 2. The number of para-hydroxylation sites is 2. The molecule has 0 aliphatic rings. The van der Waals surface area contributed by atoms with Gasteiger partial charge in [-0.05, 0) is 30.7 Å². The molecule has 0 saturated heterocycles. The van der Waals surface area contributed by atoms with Gasteiger partial charge in [-0.25, -0.2) is 4.79 Å². The molecule has 2 aromatic carbocycles. The second-order valence-corrected chi connectivity index (χ2v) is 5.03. The van der Waals surface area contributed by atoms with Crippen LogP contribution in [0.1, 0.15) is 19.0 Å². The Kier molecular flexibility index (Phi) is 3.73. The molecule has 0 N–H and O–H groups in total. The Morgan fingerprint density at radius 2 is 1.43 bits per heavy atom. The number of imidazole rings is 1. The van der Waals surface area contributed by atoms with Crippen LogP contribution in [-0.2, 0) is 6.42 Å². The molecule has 106 valence electrons. The number of aryl methyl sites for hydroxylation is 1. The van der Waals surface area contributed by atoms with Crippen LogP contribution in [0.2, 0.25) is 0 Å². The molecule has 0 aliphatic heterocycles. The minimum Gasteiger partial charge on any atom is -0.267 e. The maximum absolute atomic E-state index is 12.8. The molecule has 21 heavy (non-hydrogen) atoms. The highest BCUT2D eigenvalue weighted by Gasteiger charge is 2.13. The number of hydrogen-bond acceptors (Lipinski definition) is 1. The normalized spacial score (nSPS) is 10.7. The SMILES string of the molecule is CCCc1cn(-c2ccccc2)c(=O)n1-c1ccccc1. The minimum absolute atomic E-state index is 0.0177. The maximum Gasteiger partial charge on any atom is 0.337 e. The van der Waals surface area contributed by atoms with Gasteiger partial charge in [0, 0.05) is 11.9 Å². The van der Waals surface area contributed by atoms with E-state index in [-0.39, 0.29) is 5.69 Å². The first-order valence-corrected chi connectivity index (χ1v) is 7.25. The Bertz CT molecular complexity index is 770. The van der Waals surface area contributed by atoms with Crippen molar-refractivity contribution >= 4 is 0 Å². The second-order valence-electron chi connectivity index (χ2n) is 5.03. The fraction of sp³-hybridized carbons (Fsp3) is 0.167. The zero-order valence-electron chi connectivity index (χ0n) is 12.1. The Morgan fingerprint density at radius 3 is 2.00 bits per heavy atom. The van der Waals surface area contributed by atoms with Gasteiger partial charge in [0.1, 0.15) is 0 Å². The van der Waals surface area contributed by atoms with Gasteiger partial charge in [0.15, 0.2) is 0 Å². The van der Waals surface area contributed by atoms with Gasteiger partial charge in [0.25, 0.3) is 0 Å². The number of hydrogen-bond donors (Lipinski definition) is 0.